The summed E-state index contributed by atoms with van der Waals surface area (Å²) in [5.74, 6) is 0.323. The Morgan fingerprint density at radius 2 is 1.84 bits per heavy atom. The lowest BCUT2D eigenvalue weighted by molar-refractivity contribution is -0.141. The summed E-state index contributed by atoms with van der Waals surface area (Å²) >= 11 is 0. The minimum Gasteiger partial charge on any atom is -0.396 e. The topological polar surface area (TPSA) is 42.2 Å². The van der Waals surface area contributed by atoms with Crippen LogP contribution in [-0.4, -0.2) is 17.6 Å². The number of halogens is 3. The van der Waals surface area contributed by atoms with Gasteiger partial charge in [-0.1, -0.05) is 13.8 Å². The quantitative estimate of drug-likeness (QED) is 0.913. The second-order valence-corrected chi connectivity index (χ2v) is 5.27. The number of anilines is 2. The van der Waals surface area contributed by atoms with Crippen molar-refractivity contribution in [3.05, 3.63) is 18.0 Å². The monoisotopic (exact) mass is 275 g/mol. The zero-order chi connectivity index (χ0) is 14.8. The molecule has 3 nitrogen and oxygen atoms in total. The zero-order valence-electron chi connectivity index (χ0n) is 11.6. The molecule has 0 aromatic carbocycles. The highest BCUT2D eigenvalue weighted by Crippen LogP contribution is 2.33. The third-order valence-electron chi connectivity index (χ3n) is 2.70. The van der Waals surface area contributed by atoms with Gasteiger partial charge in [-0.15, -0.1) is 0 Å². The number of pyridine rings is 1. The highest BCUT2D eigenvalue weighted by molar-refractivity contribution is 5.67. The predicted molar refractivity (Wildman–Crippen MR) is 71.0 cm³/mol. The van der Waals surface area contributed by atoms with Crippen LogP contribution in [0.3, 0.4) is 0 Å². The van der Waals surface area contributed by atoms with Crippen molar-refractivity contribution in [2.75, 3.05) is 17.2 Å². The Kier molecular flexibility index (Phi) is 4.66. The Morgan fingerprint density at radius 1 is 1.26 bits per heavy atom. The summed E-state index contributed by atoms with van der Waals surface area (Å²) in [5, 5.41) is 0. The summed E-state index contributed by atoms with van der Waals surface area (Å²) in [5.41, 5.74) is 5.53. The lowest BCUT2D eigenvalue weighted by Crippen LogP contribution is -2.35. The van der Waals surface area contributed by atoms with Crippen molar-refractivity contribution < 1.29 is 13.2 Å². The molecule has 0 aliphatic carbocycles. The molecule has 0 aliphatic rings. The second kappa shape index (κ2) is 5.67. The van der Waals surface area contributed by atoms with Gasteiger partial charge >= 0.3 is 6.18 Å². The number of rotatable bonds is 4. The molecule has 108 valence electrons. The van der Waals surface area contributed by atoms with Gasteiger partial charge in [0.1, 0.15) is 5.69 Å². The van der Waals surface area contributed by atoms with Gasteiger partial charge in [-0.3, -0.25) is 0 Å². The standard InChI is InChI=1S/C13H20F3N3/c1-8(2)7-19(9(3)4)11-5-12(13(14,15)16)18-6-10(11)17/h5-6,8-9H,7,17H2,1-4H3. The van der Waals surface area contributed by atoms with Crippen molar-refractivity contribution in [1.82, 2.24) is 4.98 Å². The molecule has 0 saturated carbocycles. The molecule has 0 fully saturated rings. The summed E-state index contributed by atoms with van der Waals surface area (Å²) in [4.78, 5) is 5.23. The average Bonchev–Trinajstić information content (AvgIpc) is 2.24. The fourth-order valence-electron chi connectivity index (χ4n) is 1.84. The van der Waals surface area contributed by atoms with Gasteiger partial charge in [0.05, 0.1) is 17.6 Å². The molecule has 0 unspecified atom stereocenters. The maximum Gasteiger partial charge on any atom is 0.433 e. The Labute approximate surface area is 111 Å². The van der Waals surface area contributed by atoms with Crippen LogP contribution in [0.4, 0.5) is 24.5 Å². The first kappa shape index (κ1) is 15.6. The largest absolute Gasteiger partial charge is 0.433 e. The molecule has 0 bridgehead atoms. The minimum atomic E-state index is -4.46. The lowest BCUT2D eigenvalue weighted by atomic mass is 10.1. The van der Waals surface area contributed by atoms with Crippen LogP contribution < -0.4 is 10.6 Å². The van der Waals surface area contributed by atoms with E-state index in [-0.39, 0.29) is 11.7 Å². The van der Waals surface area contributed by atoms with Gasteiger partial charge in [-0.25, -0.2) is 4.98 Å². The molecule has 0 saturated heterocycles. The molecular formula is C13H20F3N3. The van der Waals surface area contributed by atoms with Crippen LogP contribution in [0.25, 0.3) is 0 Å². The highest BCUT2D eigenvalue weighted by atomic mass is 19.4. The van der Waals surface area contributed by atoms with Crippen molar-refractivity contribution in [3.8, 4) is 0 Å². The van der Waals surface area contributed by atoms with E-state index in [2.05, 4.69) is 4.98 Å². The number of alkyl halides is 3. The maximum atomic E-state index is 12.7. The summed E-state index contributed by atoms with van der Waals surface area (Å²) in [6.45, 7) is 8.52. The Hall–Kier alpha value is -1.46. The summed E-state index contributed by atoms with van der Waals surface area (Å²) in [6, 6.07) is 1.09. The van der Waals surface area contributed by atoms with Crippen molar-refractivity contribution in [2.45, 2.75) is 39.9 Å². The maximum absolute atomic E-state index is 12.7. The molecule has 1 aromatic heterocycles. The number of hydrogen-bond acceptors (Lipinski definition) is 3. The van der Waals surface area contributed by atoms with Crippen LogP contribution in [0.15, 0.2) is 12.3 Å². The first-order valence-corrected chi connectivity index (χ1v) is 6.22. The molecule has 19 heavy (non-hydrogen) atoms. The minimum absolute atomic E-state index is 0.0631. The SMILES string of the molecule is CC(C)CN(c1cc(C(F)(F)F)ncc1N)C(C)C. The molecule has 0 atom stereocenters. The molecule has 0 amide bonds. The summed E-state index contributed by atoms with van der Waals surface area (Å²) < 4.78 is 38.1. The van der Waals surface area contributed by atoms with Crippen molar-refractivity contribution in [3.63, 3.8) is 0 Å². The van der Waals surface area contributed by atoms with Gasteiger partial charge in [0.25, 0.3) is 0 Å². The number of aromatic nitrogens is 1. The Bertz CT molecular complexity index is 428. The van der Waals surface area contributed by atoms with E-state index >= 15 is 0 Å². The molecule has 0 spiro atoms. The Morgan fingerprint density at radius 3 is 2.26 bits per heavy atom. The van der Waals surface area contributed by atoms with Crippen molar-refractivity contribution in [1.29, 1.82) is 0 Å². The molecular weight excluding hydrogens is 255 g/mol. The van der Waals surface area contributed by atoms with Crippen LogP contribution in [0.2, 0.25) is 0 Å². The molecule has 2 N–H and O–H groups in total. The Balaban J connectivity index is 3.22. The van der Waals surface area contributed by atoms with Gasteiger partial charge in [-0.05, 0) is 25.8 Å². The third-order valence-corrected chi connectivity index (χ3v) is 2.70. The van der Waals surface area contributed by atoms with E-state index in [1.165, 1.54) is 0 Å². The van der Waals surface area contributed by atoms with E-state index in [0.29, 0.717) is 18.2 Å². The molecule has 0 aliphatic heterocycles. The van der Waals surface area contributed by atoms with Crippen LogP contribution in [0.5, 0.6) is 0 Å². The van der Waals surface area contributed by atoms with E-state index in [1.54, 1.807) is 0 Å². The van der Waals surface area contributed by atoms with Crippen LogP contribution in [0, 0.1) is 5.92 Å². The van der Waals surface area contributed by atoms with Crippen LogP contribution >= 0.6 is 0 Å². The fraction of sp³-hybridized carbons (Fsp3) is 0.615. The van der Waals surface area contributed by atoms with E-state index in [9.17, 15) is 13.2 Å². The lowest BCUT2D eigenvalue weighted by Gasteiger charge is -2.32. The van der Waals surface area contributed by atoms with Gasteiger partial charge in [-0.2, -0.15) is 13.2 Å². The molecule has 1 heterocycles. The van der Waals surface area contributed by atoms with E-state index in [4.69, 9.17) is 5.73 Å². The van der Waals surface area contributed by atoms with Gasteiger partial charge in [0, 0.05) is 12.6 Å². The number of nitrogens with two attached hydrogens (primary N) is 1. The zero-order valence-corrected chi connectivity index (χ0v) is 11.6. The van der Waals surface area contributed by atoms with E-state index in [1.807, 2.05) is 32.6 Å². The van der Waals surface area contributed by atoms with Crippen molar-refractivity contribution >= 4 is 11.4 Å². The molecule has 1 rings (SSSR count). The second-order valence-electron chi connectivity index (χ2n) is 5.27. The number of hydrogen-bond donors (Lipinski definition) is 1. The third kappa shape index (κ3) is 4.01. The molecule has 1 aromatic rings. The van der Waals surface area contributed by atoms with Gasteiger partial charge < -0.3 is 10.6 Å². The smallest absolute Gasteiger partial charge is 0.396 e. The number of nitrogens with zero attached hydrogens (tertiary/aromatic N) is 2. The fourth-order valence-corrected chi connectivity index (χ4v) is 1.84. The van der Waals surface area contributed by atoms with Gasteiger partial charge in [0.15, 0.2) is 0 Å². The highest BCUT2D eigenvalue weighted by Gasteiger charge is 2.33. The van der Waals surface area contributed by atoms with Gasteiger partial charge in [0.2, 0.25) is 0 Å². The predicted octanol–water partition coefficient (Wildman–Crippen LogP) is 3.55. The first-order valence-electron chi connectivity index (χ1n) is 6.22. The van der Waals surface area contributed by atoms with Crippen LogP contribution in [0.1, 0.15) is 33.4 Å². The van der Waals surface area contributed by atoms with Crippen LogP contribution in [-0.2, 0) is 6.18 Å². The summed E-state index contributed by atoms with van der Waals surface area (Å²) in [7, 11) is 0. The molecule has 6 heteroatoms. The van der Waals surface area contributed by atoms with E-state index in [0.717, 1.165) is 12.3 Å². The summed E-state index contributed by atoms with van der Waals surface area (Å²) in [6.07, 6.45) is -3.38. The number of nitrogen functional groups attached to an aromatic ring is 1. The van der Waals surface area contributed by atoms with Crippen molar-refractivity contribution in [2.24, 2.45) is 5.92 Å². The average molecular weight is 275 g/mol. The molecule has 0 radical (unpaired) electrons. The first-order chi connectivity index (χ1) is 8.62. The normalized spacial score (nSPS) is 12.3. The van der Waals surface area contributed by atoms with E-state index < -0.39 is 11.9 Å².